The van der Waals surface area contributed by atoms with Crippen LogP contribution in [0.4, 0.5) is 42.9 Å². The van der Waals surface area contributed by atoms with E-state index >= 15 is 0 Å². The highest BCUT2D eigenvalue weighted by Crippen LogP contribution is 2.53. The molecule has 0 fully saturated rings. The first-order valence-corrected chi connectivity index (χ1v) is 20.9. The third-order valence-electron chi connectivity index (χ3n) is 12.4. The predicted octanol–water partition coefficient (Wildman–Crippen LogP) is 16.9. The molecule has 0 unspecified atom stereocenters. The summed E-state index contributed by atoms with van der Waals surface area (Å²) >= 11 is 0. The minimum atomic E-state index is -0.331. The summed E-state index contributed by atoms with van der Waals surface area (Å²) in [6.07, 6.45) is 0. The van der Waals surface area contributed by atoms with Gasteiger partial charge in [0.1, 0.15) is 22.8 Å². The van der Waals surface area contributed by atoms with Gasteiger partial charge in [-0.05, 0) is 106 Å². The highest BCUT2D eigenvalue weighted by atomic mass is 19.1. The average Bonchev–Trinajstić information content (AvgIpc) is 3.87. The summed E-state index contributed by atoms with van der Waals surface area (Å²) < 4.78 is 43.2. The van der Waals surface area contributed by atoms with E-state index in [-0.39, 0.29) is 17.0 Å². The maximum atomic E-state index is 14.9. The molecular formula is C56H38F2N2O2. The van der Waals surface area contributed by atoms with Gasteiger partial charge in [-0.3, -0.25) is 0 Å². The van der Waals surface area contributed by atoms with Gasteiger partial charge in [0.15, 0.2) is 11.2 Å². The Morgan fingerprint density at radius 3 is 1.27 bits per heavy atom. The number of benzene rings is 10. The van der Waals surface area contributed by atoms with Gasteiger partial charge in [-0.2, -0.15) is 0 Å². The van der Waals surface area contributed by atoms with Crippen LogP contribution < -0.4 is 9.80 Å². The minimum absolute atomic E-state index is 0.0733. The Hall–Kier alpha value is -7.70. The maximum Gasteiger partial charge on any atom is 0.159 e. The van der Waals surface area contributed by atoms with Crippen molar-refractivity contribution < 1.29 is 17.6 Å². The Balaban J connectivity index is 1.25. The second-order valence-corrected chi connectivity index (χ2v) is 17.2. The molecule has 4 nitrogen and oxygen atoms in total. The fourth-order valence-corrected chi connectivity index (χ4v) is 9.49. The van der Waals surface area contributed by atoms with Crippen LogP contribution in [0, 0.1) is 11.6 Å². The fraction of sp³-hybridized carbons (Fsp3) is 0.0714. The molecule has 2 aromatic heterocycles. The van der Waals surface area contributed by atoms with Crippen LogP contribution in [-0.4, -0.2) is 0 Å². The van der Waals surface area contributed by atoms with Gasteiger partial charge in [-0.1, -0.05) is 118 Å². The smallest absolute Gasteiger partial charge is 0.159 e. The lowest BCUT2D eigenvalue weighted by Gasteiger charge is -2.32. The zero-order chi connectivity index (χ0) is 41.9. The third-order valence-corrected chi connectivity index (χ3v) is 12.4. The summed E-state index contributed by atoms with van der Waals surface area (Å²) in [6.45, 7) is 6.73. The van der Waals surface area contributed by atoms with Gasteiger partial charge in [0, 0.05) is 49.1 Å². The summed E-state index contributed by atoms with van der Waals surface area (Å²) in [5.41, 5.74) is 8.96. The number of anilines is 6. The largest absolute Gasteiger partial charge is 0.454 e. The van der Waals surface area contributed by atoms with Gasteiger partial charge in [-0.15, -0.1) is 0 Å². The third kappa shape index (κ3) is 5.49. The van der Waals surface area contributed by atoms with Gasteiger partial charge >= 0.3 is 0 Å². The number of para-hydroxylation sites is 4. The SMILES string of the molecule is CC(C)(C)c1cc2ccc3c(N(c4ccc(F)cc4)c4cccc5c4oc4ccccc45)cc(N(c4ccc(F)cc4)c4cccc5c4oc4ccccc45)c4ccc(c1)c2c34. The number of furan rings is 2. The van der Waals surface area contributed by atoms with E-state index in [0.717, 1.165) is 99.2 Å². The zero-order valence-electron chi connectivity index (χ0n) is 34.2. The van der Waals surface area contributed by atoms with Crippen LogP contribution in [-0.2, 0) is 5.41 Å². The van der Waals surface area contributed by atoms with Gasteiger partial charge in [-0.25, -0.2) is 8.78 Å². The summed E-state index contributed by atoms with van der Waals surface area (Å²) in [5.74, 6) is -0.662. The quantitative estimate of drug-likeness (QED) is 0.157. The van der Waals surface area contributed by atoms with E-state index in [2.05, 4.69) is 109 Å². The molecule has 2 heterocycles. The molecule has 0 bridgehead atoms. The molecule has 0 atom stereocenters. The lowest BCUT2D eigenvalue weighted by Crippen LogP contribution is -2.15. The molecule has 6 heteroatoms. The molecule has 0 aliphatic heterocycles. The lowest BCUT2D eigenvalue weighted by molar-refractivity contribution is 0.591. The van der Waals surface area contributed by atoms with Crippen molar-refractivity contribution in [3.05, 3.63) is 193 Å². The number of fused-ring (bicyclic) bond motifs is 6. The normalized spacial score (nSPS) is 12.3. The Morgan fingerprint density at radius 1 is 0.387 bits per heavy atom. The standard InChI is InChI=1S/C56H38F2N2O2/c1-56(2,3)35-30-33-18-28-44-48(59(38-24-20-36(57)21-25-38)46-14-8-12-42-40-10-4-6-16-50(40)61-54(42)46)32-49(45-29-19-34(31-35)52(33)53(44)45)60(39-26-22-37(58)23-27-39)47-15-9-13-43-41-11-5-7-17-51(41)62-55(43)47/h4-32H,1-3H3. The van der Waals surface area contributed by atoms with Gasteiger partial charge in [0.25, 0.3) is 0 Å². The summed E-state index contributed by atoms with van der Waals surface area (Å²) in [4.78, 5) is 4.37. The van der Waals surface area contributed by atoms with Gasteiger partial charge in [0.05, 0.1) is 22.7 Å². The molecule has 12 aromatic rings. The molecule has 0 amide bonds. The van der Waals surface area contributed by atoms with E-state index in [1.54, 1.807) is 0 Å². The monoisotopic (exact) mass is 808 g/mol. The lowest BCUT2D eigenvalue weighted by atomic mass is 9.83. The fourth-order valence-electron chi connectivity index (χ4n) is 9.49. The van der Waals surface area contributed by atoms with Crippen molar-refractivity contribution >= 4 is 110 Å². The van der Waals surface area contributed by atoms with Gasteiger partial charge < -0.3 is 18.6 Å². The highest BCUT2D eigenvalue weighted by molar-refractivity contribution is 6.29. The van der Waals surface area contributed by atoms with E-state index in [1.807, 2.05) is 72.8 Å². The van der Waals surface area contributed by atoms with Gasteiger partial charge in [0.2, 0.25) is 0 Å². The van der Waals surface area contributed by atoms with Crippen molar-refractivity contribution in [2.45, 2.75) is 26.2 Å². The first kappa shape index (κ1) is 36.2. The van der Waals surface area contributed by atoms with E-state index in [0.29, 0.717) is 11.2 Å². The summed E-state index contributed by atoms with van der Waals surface area (Å²) in [6, 6.07) is 57.5. The van der Waals surface area contributed by atoms with Crippen LogP contribution in [0.25, 0.3) is 76.2 Å². The molecule has 0 saturated carbocycles. The van der Waals surface area contributed by atoms with Crippen LogP contribution in [0.15, 0.2) is 185 Å². The Bertz CT molecular complexity index is 3480. The molecule has 0 radical (unpaired) electrons. The molecule has 298 valence electrons. The van der Waals surface area contributed by atoms with Crippen molar-refractivity contribution in [1.82, 2.24) is 0 Å². The topological polar surface area (TPSA) is 32.8 Å². The number of hydrogen-bond acceptors (Lipinski definition) is 4. The molecule has 0 saturated heterocycles. The Labute approximate surface area is 355 Å². The van der Waals surface area contributed by atoms with Crippen LogP contribution in [0.5, 0.6) is 0 Å². The Kier molecular flexibility index (Phi) is 7.82. The predicted molar refractivity (Wildman–Crippen MR) is 253 cm³/mol. The van der Waals surface area contributed by atoms with E-state index < -0.39 is 0 Å². The summed E-state index contributed by atoms with van der Waals surface area (Å²) in [7, 11) is 0. The van der Waals surface area contributed by atoms with Crippen molar-refractivity contribution in [1.29, 1.82) is 0 Å². The molecule has 0 N–H and O–H groups in total. The molecule has 10 aromatic carbocycles. The first-order valence-electron chi connectivity index (χ1n) is 20.9. The highest BCUT2D eigenvalue weighted by Gasteiger charge is 2.28. The van der Waals surface area contributed by atoms with Crippen molar-refractivity contribution in [3.63, 3.8) is 0 Å². The molecule has 0 aliphatic carbocycles. The number of hydrogen-bond donors (Lipinski definition) is 0. The molecule has 62 heavy (non-hydrogen) atoms. The Morgan fingerprint density at radius 2 is 0.823 bits per heavy atom. The second-order valence-electron chi connectivity index (χ2n) is 17.2. The molecule has 0 spiro atoms. The molecular weight excluding hydrogens is 771 g/mol. The van der Waals surface area contributed by atoms with Crippen LogP contribution in [0.3, 0.4) is 0 Å². The van der Waals surface area contributed by atoms with Crippen molar-refractivity contribution in [2.75, 3.05) is 9.80 Å². The van der Waals surface area contributed by atoms with Crippen LogP contribution in [0.2, 0.25) is 0 Å². The molecule has 12 rings (SSSR count). The molecule has 0 aliphatic rings. The van der Waals surface area contributed by atoms with Crippen molar-refractivity contribution in [2.24, 2.45) is 0 Å². The number of nitrogens with zero attached hydrogens (tertiary/aromatic N) is 2. The zero-order valence-corrected chi connectivity index (χ0v) is 34.2. The average molecular weight is 809 g/mol. The van der Waals surface area contributed by atoms with E-state index in [1.165, 1.54) is 29.8 Å². The minimum Gasteiger partial charge on any atom is -0.454 e. The summed E-state index contributed by atoms with van der Waals surface area (Å²) in [5, 5.41) is 10.4. The van der Waals surface area contributed by atoms with Crippen molar-refractivity contribution in [3.8, 4) is 0 Å². The van der Waals surface area contributed by atoms with E-state index in [9.17, 15) is 8.78 Å². The van der Waals surface area contributed by atoms with Crippen LogP contribution >= 0.6 is 0 Å². The second kappa shape index (κ2) is 13.4. The van der Waals surface area contributed by atoms with E-state index in [4.69, 9.17) is 8.83 Å². The number of rotatable bonds is 6. The number of halogens is 2. The first-order chi connectivity index (χ1) is 30.2. The van der Waals surface area contributed by atoms with Crippen LogP contribution in [0.1, 0.15) is 26.3 Å². The maximum absolute atomic E-state index is 14.9.